The molecule has 0 amide bonds. The van der Waals surface area contributed by atoms with Crippen LogP contribution in [-0.2, 0) is 0 Å². The van der Waals surface area contributed by atoms with Crippen LogP contribution < -0.4 is 5.32 Å². The number of nitrogens with one attached hydrogen (secondary N) is 1. The van der Waals surface area contributed by atoms with Crippen molar-refractivity contribution in [3.8, 4) is 5.75 Å². The summed E-state index contributed by atoms with van der Waals surface area (Å²) in [5.74, 6) is 0.126. The molecule has 0 aliphatic rings. The largest absolute Gasteiger partial charge is 0.508 e. The van der Waals surface area contributed by atoms with E-state index in [1.165, 1.54) is 6.07 Å². The van der Waals surface area contributed by atoms with E-state index in [0.29, 0.717) is 5.02 Å². The second kappa shape index (κ2) is 5.04. The average Bonchev–Trinajstić information content (AvgIpc) is 2.13. The molecule has 3 nitrogen and oxygen atoms in total. The molecule has 0 spiro atoms. The molecule has 1 atom stereocenters. The molecular formula is C12H18ClNO2. The first-order valence-electron chi connectivity index (χ1n) is 5.20. The molecular weight excluding hydrogens is 226 g/mol. The van der Waals surface area contributed by atoms with Crippen LogP contribution in [0.3, 0.4) is 0 Å². The van der Waals surface area contributed by atoms with Gasteiger partial charge < -0.3 is 15.5 Å². The minimum atomic E-state index is -0.229. The molecule has 0 aliphatic heterocycles. The molecule has 0 aromatic heterocycles. The van der Waals surface area contributed by atoms with Crippen molar-refractivity contribution in [2.45, 2.75) is 32.4 Å². The highest BCUT2D eigenvalue weighted by atomic mass is 35.5. The summed E-state index contributed by atoms with van der Waals surface area (Å²) in [5, 5.41) is 22.3. The second-order valence-electron chi connectivity index (χ2n) is 4.84. The molecule has 0 aliphatic carbocycles. The quantitative estimate of drug-likeness (QED) is 0.765. The van der Waals surface area contributed by atoms with Crippen LogP contribution in [0.25, 0.3) is 0 Å². The van der Waals surface area contributed by atoms with Gasteiger partial charge in [0, 0.05) is 10.6 Å². The SMILES string of the molecule is CC(C)(C)NC(CO)c1ccc(O)cc1Cl. The van der Waals surface area contributed by atoms with E-state index in [9.17, 15) is 10.2 Å². The van der Waals surface area contributed by atoms with Gasteiger partial charge in [0.15, 0.2) is 0 Å². The summed E-state index contributed by atoms with van der Waals surface area (Å²) in [4.78, 5) is 0. The number of phenols is 1. The van der Waals surface area contributed by atoms with Crippen LogP contribution in [0.15, 0.2) is 18.2 Å². The van der Waals surface area contributed by atoms with E-state index in [4.69, 9.17) is 11.6 Å². The third-order valence-corrected chi connectivity index (χ3v) is 2.48. The van der Waals surface area contributed by atoms with Crippen LogP contribution in [-0.4, -0.2) is 22.4 Å². The fourth-order valence-electron chi connectivity index (χ4n) is 1.54. The van der Waals surface area contributed by atoms with Crippen LogP contribution >= 0.6 is 11.6 Å². The van der Waals surface area contributed by atoms with Crippen LogP contribution in [0.2, 0.25) is 5.02 Å². The zero-order valence-electron chi connectivity index (χ0n) is 9.79. The molecule has 90 valence electrons. The molecule has 0 heterocycles. The van der Waals surface area contributed by atoms with Crippen molar-refractivity contribution in [1.82, 2.24) is 5.32 Å². The number of aliphatic hydroxyl groups is 1. The zero-order chi connectivity index (χ0) is 12.3. The van der Waals surface area contributed by atoms with E-state index in [1.54, 1.807) is 12.1 Å². The normalized spacial score (nSPS) is 13.8. The lowest BCUT2D eigenvalue weighted by Gasteiger charge is -2.28. The Balaban J connectivity index is 2.95. The molecule has 0 bridgehead atoms. The number of phenolic OH excluding ortho intramolecular Hbond substituents is 1. The highest BCUT2D eigenvalue weighted by Gasteiger charge is 2.20. The lowest BCUT2D eigenvalue weighted by molar-refractivity contribution is 0.217. The standard InChI is InChI=1S/C12H18ClNO2/c1-12(2,3)14-11(7-15)9-5-4-8(16)6-10(9)13/h4-6,11,14-16H,7H2,1-3H3. The Kier molecular flexibility index (Phi) is 4.19. The summed E-state index contributed by atoms with van der Waals surface area (Å²) in [6.45, 7) is 6.01. The van der Waals surface area contributed by atoms with Crippen LogP contribution in [0.1, 0.15) is 32.4 Å². The van der Waals surface area contributed by atoms with Crippen LogP contribution in [0.4, 0.5) is 0 Å². The molecule has 3 N–H and O–H groups in total. The van der Waals surface area contributed by atoms with Crippen molar-refractivity contribution < 1.29 is 10.2 Å². The van der Waals surface area contributed by atoms with Gasteiger partial charge in [0.05, 0.1) is 12.6 Å². The Morgan fingerprint density at radius 2 is 2.00 bits per heavy atom. The van der Waals surface area contributed by atoms with Gasteiger partial charge in [0.25, 0.3) is 0 Å². The van der Waals surface area contributed by atoms with Gasteiger partial charge in [-0.05, 0) is 38.5 Å². The topological polar surface area (TPSA) is 52.5 Å². The van der Waals surface area contributed by atoms with E-state index < -0.39 is 0 Å². The number of rotatable bonds is 3. The highest BCUT2D eigenvalue weighted by Crippen LogP contribution is 2.27. The Labute approximate surface area is 101 Å². The maximum absolute atomic E-state index is 9.35. The predicted octanol–water partition coefficient (Wildman–Crippen LogP) is 2.47. The number of aliphatic hydroxyl groups excluding tert-OH is 1. The van der Waals surface area contributed by atoms with Gasteiger partial charge in [-0.2, -0.15) is 0 Å². The van der Waals surface area contributed by atoms with E-state index in [1.807, 2.05) is 20.8 Å². The Hall–Kier alpha value is -0.770. The second-order valence-corrected chi connectivity index (χ2v) is 5.24. The lowest BCUT2D eigenvalue weighted by atomic mass is 10.0. The van der Waals surface area contributed by atoms with Crippen molar-refractivity contribution in [3.63, 3.8) is 0 Å². The lowest BCUT2D eigenvalue weighted by Crippen LogP contribution is -2.40. The Morgan fingerprint density at radius 3 is 2.44 bits per heavy atom. The first-order valence-corrected chi connectivity index (χ1v) is 5.58. The van der Waals surface area contributed by atoms with Crippen molar-refractivity contribution in [2.24, 2.45) is 0 Å². The smallest absolute Gasteiger partial charge is 0.117 e. The van der Waals surface area contributed by atoms with E-state index >= 15 is 0 Å². The van der Waals surface area contributed by atoms with E-state index in [-0.39, 0.29) is 23.9 Å². The van der Waals surface area contributed by atoms with Crippen molar-refractivity contribution >= 4 is 11.6 Å². The molecule has 0 saturated carbocycles. The molecule has 16 heavy (non-hydrogen) atoms. The first kappa shape index (κ1) is 13.3. The summed E-state index contributed by atoms with van der Waals surface area (Å²) in [6, 6.07) is 4.53. The molecule has 1 unspecified atom stereocenters. The maximum atomic E-state index is 9.35. The fourth-order valence-corrected chi connectivity index (χ4v) is 1.85. The summed E-state index contributed by atoms with van der Waals surface area (Å²) >= 11 is 6.02. The van der Waals surface area contributed by atoms with E-state index in [0.717, 1.165) is 5.56 Å². The molecule has 0 fully saturated rings. The van der Waals surface area contributed by atoms with Crippen molar-refractivity contribution in [2.75, 3.05) is 6.61 Å². The van der Waals surface area contributed by atoms with Gasteiger partial charge in [-0.1, -0.05) is 17.7 Å². The van der Waals surface area contributed by atoms with Gasteiger partial charge in [-0.3, -0.25) is 0 Å². The highest BCUT2D eigenvalue weighted by molar-refractivity contribution is 6.31. The monoisotopic (exact) mass is 243 g/mol. The van der Waals surface area contributed by atoms with Gasteiger partial charge in [-0.25, -0.2) is 0 Å². The molecule has 1 aromatic carbocycles. The van der Waals surface area contributed by atoms with Crippen molar-refractivity contribution in [3.05, 3.63) is 28.8 Å². The maximum Gasteiger partial charge on any atom is 0.117 e. The van der Waals surface area contributed by atoms with Crippen LogP contribution in [0, 0.1) is 0 Å². The number of halogens is 1. The number of hydrogen-bond acceptors (Lipinski definition) is 3. The molecule has 1 aromatic rings. The average molecular weight is 244 g/mol. The minimum Gasteiger partial charge on any atom is -0.508 e. The fraction of sp³-hybridized carbons (Fsp3) is 0.500. The minimum absolute atomic E-state index is 0.0399. The van der Waals surface area contributed by atoms with Gasteiger partial charge in [0.1, 0.15) is 5.75 Å². The predicted molar refractivity (Wildman–Crippen MR) is 65.8 cm³/mol. The Morgan fingerprint density at radius 1 is 1.38 bits per heavy atom. The summed E-state index contributed by atoms with van der Waals surface area (Å²) in [6.07, 6.45) is 0. The van der Waals surface area contributed by atoms with Gasteiger partial charge in [-0.15, -0.1) is 0 Å². The number of aromatic hydroxyl groups is 1. The van der Waals surface area contributed by atoms with Gasteiger partial charge in [0.2, 0.25) is 0 Å². The number of benzene rings is 1. The molecule has 0 saturated heterocycles. The number of hydrogen-bond donors (Lipinski definition) is 3. The van der Waals surface area contributed by atoms with Crippen LogP contribution in [0.5, 0.6) is 5.75 Å². The first-order chi connectivity index (χ1) is 7.33. The third-order valence-electron chi connectivity index (χ3n) is 2.15. The molecule has 4 heteroatoms. The summed E-state index contributed by atoms with van der Waals surface area (Å²) in [7, 11) is 0. The third kappa shape index (κ3) is 3.67. The summed E-state index contributed by atoms with van der Waals surface area (Å²) in [5.41, 5.74) is 0.672. The zero-order valence-corrected chi connectivity index (χ0v) is 10.5. The van der Waals surface area contributed by atoms with E-state index in [2.05, 4.69) is 5.32 Å². The van der Waals surface area contributed by atoms with Crippen molar-refractivity contribution in [1.29, 1.82) is 0 Å². The Bertz CT molecular complexity index is 361. The van der Waals surface area contributed by atoms with Gasteiger partial charge >= 0.3 is 0 Å². The molecule has 0 radical (unpaired) electrons. The molecule has 1 rings (SSSR count). The summed E-state index contributed by atoms with van der Waals surface area (Å²) < 4.78 is 0.